The van der Waals surface area contributed by atoms with Crippen LogP contribution >= 0.6 is 0 Å². The number of aromatic nitrogens is 1. The van der Waals surface area contributed by atoms with E-state index in [9.17, 15) is 0 Å². The quantitative estimate of drug-likeness (QED) is 0.276. The summed E-state index contributed by atoms with van der Waals surface area (Å²) in [5.41, 5.74) is 3.67. The molecule has 0 aliphatic heterocycles. The Morgan fingerprint density at radius 2 is 1.44 bits per heavy atom. The third-order valence-electron chi connectivity index (χ3n) is 7.28. The number of hydrogen-bond donors (Lipinski definition) is 0. The second kappa shape index (κ2) is 14.3. The third kappa shape index (κ3) is 8.60. The number of nitrogens with zero attached hydrogens (tertiary/aromatic N) is 1. The average Bonchev–Trinajstić information content (AvgIpc) is 2.84. The summed E-state index contributed by atoms with van der Waals surface area (Å²) in [4.78, 5) is 4.59. The van der Waals surface area contributed by atoms with E-state index in [0.29, 0.717) is 0 Å². The van der Waals surface area contributed by atoms with Crippen LogP contribution in [0.2, 0.25) is 0 Å². The van der Waals surface area contributed by atoms with E-state index in [1.54, 1.807) is 0 Å². The van der Waals surface area contributed by atoms with E-state index in [1.165, 1.54) is 88.2 Å². The molecule has 1 aromatic carbocycles. The summed E-state index contributed by atoms with van der Waals surface area (Å²) in [5.74, 6) is 2.82. The Morgan fingerprint density at radius 3 is 2.09 bits per heavy atom. The smallest absolute Gasteiger partial charge is 0.137 e. The Morgan fingerprint density at radius 1 is 0.750 bits per heavy atom. The topological polar surface area (TPSA) is 22.1 Å². The highest BCUT2D eigenvalue weighted by molar-refractivity contribution is 5.59. The Hall–Kier alpha value is -1.83. The van der Waals surface area contributed by atoms with Crippen LogP contribution in [0.1, 0.15) is 103 Å². The second-order valence-electron chi connectivity index (χ2n) is 9.91. The van der Waals surface area contributed by atoms with Gasteiger partial charge in [-0.1, -0.05) is 109 Å². The SMILES string of the molecule is CCCCCCC[C@H]1CC[C@H](CCc2ccc(-c3ccc(OCCCC)cn3)cc2)CC1. The zero-order valence-electron chi connectivity index (χ0n) is 20.7. The monoisotopic (exact) mass is 435 g/mol. The lowest BCUT2D eigenvalue weighted by molar-refractivity contribution is 0.248. The number of hydrogen-bond acceptors (Lipinski definition) is 2. The van der Waals surface area contributed by atoms with Crippen LogP contribution in [0.4, 0.5) is 0 Å². The molecule has 1 fully saturated rings. The van der Waals surface area contributed by atoms with Gasteiger partial charge in [0.2, 0.25) is 0 Å². The van der Waals surface area contributed by atoms with Gasteiger partial charge in [0, 0.05) is 5.56 Å². The van der Waals surface area contributed by atoms with Crippen molar-refractivity contribution in [1.29, 1.82) is 0 Å². The van der Waals surface area contributed by atoms with E-state index in [1.807, 2.05) is 12.3 Å². The molecule has 2 heteroatoms. The zero-order valence-corrected chi connectivity index (χ0v) is 20.7. The van der Waals surface area contributed by atoms with Gasteiger partial charge in [-0.05, 0) is 48.8 Å². The highest BCUT2D eigenvalue weighted by Crippen LogP contribution is 2.34. The summed E-state index contributed by atoms with van der Waals surface area (Å²) < 4.78 is 5.72. The van der Waals surface area contributed by atoms with E-state index in [4.69, 9.17) is 4.74 Å². The van der Waals surface area contributed by atoms with Crippen molar-refractivity contribution in [2.75, 3.05) is 6.61 Å². The van der Waals surface area contributed by atoms with E-state index in [-0.39, 0.29) is 0 Å². The van der Waals surface area contributed by atoms with Crippen LogP contribution in [-0.4, -0.2) is 11.6 Å². The zero-order chi connectivity index (χ0) is 22.4. The number of benzene rings is 1. The molecule has 32 heavy (non-hydrogen) atoms. The first kappa shape index (κ1) is 24.8. The van der Waals surface area contributed by atoms with Crippen molar-refractivity contribution in [3.05, 3.63) is 48.2 Å². The third-order valence-corrected chi connectivity index (χ3v) is 7.28. The number of unbranched alkanes of at least 4 members (excludes halogenated alkanes) is 5. The van der Waals surface area contributed by atoms with E-state index >= 15 is 0 Å². The summed E-state index contributed by atoms with van der Waals surface area (Å²) >= 11 is 0. The Labute approximate surface area is 197 Å². The van der Waals surface area contributed by atoms with Gasteiger partial charge < -0.3 is 4.74 Å². The summed E-state index contributed by atoms with van der Waals surface area (Å²) in [7, 11) is 0. The fraction of sp³-hybridized carbons (Fsp3) is 0.633. The van der Waals surface area contributed by atoms with Crippen molar-refractivity contribution < 1.29 is 4.74 Å². The Kier molecular flexibility index (Phi) is 11.1. The predicted molar refractivity (Wildman–Crippen MR) is 137 cm³/mol. The minimum Gasteiger partial charge on any atom is -0.492 e. The molecule has 0 spiro atoms. The van der Waals surface area contributed by atoms with Gasteiger partial charge in [-0.15, -0.1) is 0 Å². The molecular formula is C30H45NO. The van der Waals surface area contributed by atoms with E-state index in [0.717, 1.165) is 42.7 Å². The van der Waals surface area contributed by atoms with Gasteiger partial charge in [-0.2, -0.15) is 0 Å². The van der Waals surface area contributed by atoms with Gasteiger partial charge in [-0.3, -0.25) is 4.98 Å². The molecule has 1 aliphatic rings. The first-order valence-corrected chi connectivity index (χ1v) is 13.5. The van der Waals surface area contributed by atoms with Gasteiger partial charge in [0.1, 0.15) is 5.75 Å². The standard InChI is InChI=1S/C30H45NO/c1-3-5-7-8-9-10-25-11-13-26(14-12-25)15-16-27-17-19-28(20-18-27)30-22-21-29(24-31-30)32-23-6-4-2/h17-22,24-26H,3-16,23H2,1-2H3/t25-,26-. The van der Waals surface area contributed by atoms with Crippen molar-refractivity contribution in [3.63, 3.8) is 0 Å². The predicted octanol–water partition coefficient (Wildman–Crippen LogP) is 9.03. The number of rotatable bonds is 14. The van der Waals surface area contributed by atoms with Gasteiger partial charge >= 0.3 is 0 Å². The molecule has 2 nitrogen and oxygen atoms in total. The van der Waals surface area contributed by atoms with Gasteiger partial charge in [0.05, 0.1) is 18.5 Å². The fourth-order valence-electron chi connectivity index (χ4n) is 5.03. The van der Waals surface area contributed by atoms with Crippen LogP contribution < -0.4 is 4.74 Å². The molecule has 3 rings (SSSR count). The van der Waals surface area contributed by atoms with Gasteiger partial charge in [0.25, 0.3) is 0 Å². The highest BCUT2D eigenvalue weighted by atomic mass is 16.5. The summed E-state index contributed by atoms with van der Waals surface area (Å²) in [6.45, 7) is 5.25. The summed E-state index contributed by atoms with van der Waals surface area (Å²) in [6.07, 6.45) is 21.1. The Bertz CT molecular complexity index is 728. The van der Waals surface area contributed by atoms with Crippen molar-refractivity contribution in [1.82, 2.24) is 4.98 Å². The van der Waals surface area contributed by atoms with Crippen molar-refractivity contribution in [3.8, 4) is 17.0 Å². The van der Waals surface area contributed by atoms with Crippen LogP contribution in [-0.2, 0) is 6.42 Å². The molecule has 0 amide bonds. The maximum Gasteiger partial charge on any atom is 0.137 e. The van der Waals surface area contributed by atoms with Crippen LogP contribution in [0.3, 0.4) is 0 Å². The lowest BCUT2D eigenvalue weighted by Gasteiger charge is -2.28. The van der Waals surface area contributed by atoms with Crippen molar-refractivity contribution in [2.24, 2.45) is 11.8 Å². The Balaban J connectivity index is 1.35. The highest BCUT2D eigenvalue weighted by Gasteiger charge is 2.20. The maximum absolute atomic E-state index is 5.72. The average molecular weight is 436 g/mol. The molecule has 1 saturated carbocycles. The molecule has 0 atom stereocenters. The molecule has 0 radical (unpaired) electrons. The van der Waals surface area contributed by atoms with Crippen LogP contribution in [0.15, 0.2) is 42.6 Å². The molecular weight excluding hydrogens is 390 g/mol. The van der Waals surface area contributed by atoms with Gasteiger partial charge in [-0.25, -0.2) is 0 Å². The van der Waals surface area contributed by atoms with Crippen molar-refractivity contribution in [2.45, 2.75) is 104 Å². The molecule has 2 aromatic rings. The molecule has 176 valence electrons. The lowest BCUT2D eigenvalue weighted by Crippen LogP contribution is -2.15. The van der Waals surface area contributed by atoms with E-state index < -0.39 is 0 Å². The second-order valence-corrected chi connectivity index (χ2v) is 9.91. The molecule has 0 unspecified atom stereocenters. The van der Waals surface area contributed by atoms with Crippen molar-refractivity contribution >= 4 is 0 Å². The molecule has 0 saturated heterocycles. The fourth-order valence-corrected chi connectivity index (χ4v) is 5.03. The molecule has 0 N–H and O–H groups in total. The summed E-state index contributed by atoms with van der Waals surface area (Å²) in [6, 6.07) is 13.1. The van der Waals surface area contributed by atoms with Crippen LogP contribution in [0, 0.1) is 11.8 Å². The summed E-state index contributed by atoms with van der Waals surface area (Å²) in [5, 5.41) is 0. The number of pyridine rings is 1. The molecule has 1 aliphatic carbocycles. The minimum absolute atomic E-state index is 0.771. The number of aryl methyl sites for hydroxylation is 1. The van der Waals surface area contributed by atoms with E-state index in [2.05, 4.69) is 49.2 Å². The first-order valence-electron chi connectivity index (χ1n) is 13.5. The normalized spacial score (nSPS) is 18.6. The molecule has 1 heterocycles. The van der Waals surface area contributed by atoms with Crippen LogP contribution in [0.5, 0.6) is 5.75 Å². The van der Waals surface area contributed by atoms with Gasteiger partial charge in [0.15, 0.2) is 0 Å². The molecule has 0 bridgehead atoms. The minimum atomic E-state index is 0.771. The van der Waals surface area contributed by atoms with Crippen LogP contribution in [0.25, 0.3) is 11.3 Å². The largest absolute Gasteiger partial charge is 0.492 e. The first-order chi connectivity index (χ1) is 15.8. The number of ether oxygens (including phenoxy) is 1. The molecule has 1 aromatic heterocycles. The lowest BCUT2D eigenvalue weighted by atomic mass is 9.77. The maximum atomic E-state index is 5.72.